The van der Waals surface area contributed by atoms with Crippen LogP contribution in [0.4, 0.5) is 0 Å². The van der Waals surface area contributed by atoms with Gasteiger partial charge in [-0.3, -0.25) is 0 Å². The van der Waals surface area contributed by atoms with Gasteiger partial charge >= 0.3 is 5.97 Å². The van der Waals surface area contributed by atoms with Crippen LogP contribution in [0.2, 0.25) is 0 Å². The first-order valence-electron chi connectivity index (χ1n) is 5.82. The largest absolute Gasteiger partial charge is 0.485 e. The van der Waals surface area contributed by atoms with Gasteiger partial charge in [0.25, 0.3) is 0 Å². The maximum absolute atomic E-state index is 11.4. The number of hydrogen-bond donors (Lipinski definition) is 0. The van der Waals surface area contributed by atoms with Gasteiger partial charge in [0.15, 0.2) is 6.61 Å². The lowest BCUT2D eigenvalue weighted by molar-refractivity contribution is 0.0526. The molecule has 0 radical (unpaired) electrons. The Morgan fingerprint density at radius 3 is 2.63 bits per heavy atom. The molecule has 0 spiro atoms. The molecule has 0 saturated carbocycles. The lowest BCUT2D eigenvalue weighted by atomic mass is 10.2. The molecule has 0 aliphatic rings. The third-order valence-electron chi connectivity index (χ3n) is 2.28. The van der Waals surface area contributed by atoms with Gasteiger partial charge in [-0.1, -0.05) is 0 Å². The van der Waals surface area contributed by atoms with E-state index >= 15 is 0 Å². The molecular weight excluding hydrogens is 248 g/mol. The first-order chi connectivity index (χ1) is 9.19. The van der Waals surface area contributed by atoms with E-state index in [-0.39, 0.29) is 12.6 Å². The molecule has 7 heteroatoms. The van der Waals surface area contributed by atoms with Crippen molar-refractivity contribution in [1.29, 1.82) is 0 Å². The van der Waals surface area contributed by atoms with Gasteiger partial charge in [-0.25, -0.2) is 4.79 Å². The Balaban J connectivity index is 1.93. The van der Waals surface area contributed by atoms with E-state index in [0.29, 0.717) is 23.7 Å². The fraction of sp³-hybridized carbons (Fsp3) is 0.333. The van der Waals surface area contributed by atoms with Crippen LogP contribution in [0.25, 0.3) is 0 Å². The summed E-state index contributed by atoms with van der Waals surface area (Å²) in [7, 11) is 1.69. The predicted octanol–water partition coefficient (Wildman–Crippen LogP) is 0.966. The van der Waals surface area contributed by atoms with Gasteiger partial charge in [-0.2, -0.15) is 4.80 Å². The smallest absolute Gasteiger partial charge is 0.338 e. The van der Waals surface area contributed by atoms with Crippen molar-refractivity contribution >= 4 is 5.97 Å². The summed E-state index contributed by atoms with van der Waals surface area (Å²) in [6, 6.07) is 6.69. The maximum atomic E-state index is 11.4. The summed E-state index contributed by atoms with van der Waals surface area (Å²) in [6.45, 7) is 2.35. The number of nitrogens with zero attached hydrogens (tertiary/aromatic N) is 4. The quantitative estimate of drug-likeness (QED) is 0.747. The Morgan fingerprint density at radius 1 is 1.32 bits per heavy atom. The summed E-state index contributed by atoms with van der Waals surface area (Å²) in [6.07, 6.45) is 0. The van der Waals surface area contributed by atoms with Crippen molar-refractivity contribution in [3.63, 3.8) is 0 Å². The van der Waals surface area contributed by atoms with Crippen molar-refractivity contribution in [2.45, 2.75) is 13.5 Å². The molecule has 2 rings (SSSR count). The Morgan fingerprint density at radius 2 is 2.05 bits per heavy atom. The van der Waals surface area contributed by atoms with Crippen LogP contribution in [-0.4, -0.2) is 32.8 Å². The van der Waals surface area contributed by atoms with Gasteiger partial charge in [0.2, 0.25) is 5.82 Å². The van der Waals surface area contributed by atoms with Crippen molar-refractivity contribution in [1.82, 2.24) is 20.2 Å². The fourth-order valence-electron chi connectivity index (χ4n) is 1.43. The van der Waals surface area contributed by atoms with Crippen molar-refractivity contribution in [2.24, 2.45) is 7.05 Å². The van der Waals surface area contributed by atoms with Crippen LogP contribution in [0.15, 0.2) is 24.3 Å². The molecule has 7 nitrogen and oxygen atoms in total. The molecular formula is C12H14N4O3. The van der Waals surface area contributed by atoms with Crippen LogP contribution in [0.5, 0.6) is 5.75 Å². The Hall–Kier alpha value is -2.44. The summed E-state index contributed by atoms with van der Waals surface area (Å²) in [5.74, 6) is 0.780. The predicted molar refractivity (Wildman–Crippen MR) is 65.5 cm³/mol. The number of benzene rings is 1. The highest BCUT2D eigenvalue weighted by Crippen LogP contribution is 2.13. The molecule has 0 saturated heterocycles. The van der Waals surface area contributed by atoms with Crippen LogP contribution in [-0.2, 0) is 18.4 Å². The third-order valence-corrected chi connectivity index (χ3v) is 2.28. The van der Waals surface area contributed by atoms with Crippen molar-refractivity contribution in [3.8, 4) is 5.75 Å². The number of tetrazole rings is 1. The average Bonchev–Trinajstić information content (AvgIpc) is 2.83. The molecule has 0 fully saturated rings. The Labute approximate surface area is 110 Å². The highest BCUT2D eigenvalue weighted by Gasteiger charge is 2.06. The summed E-state index contributed by atoms with van der Waals surface area (Å²) >= 11 is 0. The minimum Gasteiger partial charge on any atom is -0.485 e. The lowest BCUT2D eigenvalue weighted by Crippen LogP contribution is -2.04. The van der Waals surface area contributed by atoms with E-state index in [0.717, 1.165) is 0 Å². The zero-order valence-corrected chi connectivity index (χ0v) is 10.7. The average molecular weight is 262 g/mol. The van der Waals surface area contributed by atoms with Crippen LogP contribution >= 0.6 is 0 Å². The van der Waals surface area contributed by atoms with Crippen molar-refractivity contribution < 1.29 is 14.3 Å². The van der Waals surface area contributed by atoms with E-state index in [9.17, 15) is 4.79 Å². The summed E-state index contributed by atoms with van der Waals surface area (Å²) in [5, 5.41) is 11.5. The molecule has 19 heavy (non-hydrogen) atoms. The number of aromatic nitrogens is 4. The van der Waals surface area contributed by atoms with Gasteiger partial charge in [0, 0.05) is 0 Å². The maximum Gasteiger partial charge on any atom is 0.338 e. The van der Waals surface area contributed by atoms with Gasteiger partial charge in [-0.05, 0) is 36.4 Å². The third kappa shape index (κ3) is 3.51. The van der Waals surface area contributed by atoms with Gasteiger partial charge in [0.1, 0.15) is 5.75 Å². The van der Waals surface area contributed by atoms with Gasteiger partial charge < -0.3 is 9.47 Å². The van der Waals surface area contributed by atoms with E-state index in [2.05, 4.69) is 15.4 Å². The lowest BCUT2D eigenvalue weighted by Gasteiger charge is -2.05. The van der Waals surface area contributed by atoms with E-state index in [1.165, 1.54) is 4.80 Å². The van der Waals surface area contributed by atoms with Crippen LogP contribution < -0.4 is 4.74 Å². The number of rotatable bonds is 5. The highest BCUT2D eigenvalue weighted by molar-refractivity contribution is 5.89. The topological polar surface area (TPSA) is 79.1 Å². The monoisotopic (exact) mass is 262 g/mol. The number of carbonyl (C=O) groups excluding carboxylic acids is 1. The molecule has 1 aromatic heterocycles. The Kier molecular flexibility index (Phi) is 4.07. The standard InChI is InChI=1S/C12H14N4O3/c1-3-18-12(17)9-4-6-10(7-5-9)19-8-11-13-15-16(2)14-11/h4-7H,3,8H2,1-2H3. The minimum atomic E-state index is -0.343. The van der Waals surface area contributed by atoms with Gasteiger partial charge in [-0.15, -0.1) is 10.2 Å². The second kappa shape index (κ2) is 5.94. The number of ether oxygens (including phenoxy) is 2. The fourth-order valence-corrected chi connectivity index (χ4v) is 1.43. The van der Waals surface area contributed by atoms with E-state index in [1.807, 2.05) is 0 Å². The minimum absolute atomic E-state index is 0.229. The molecule has 0 unspecified atom stereocenters. The molecule has 1 aromatic carbocycles. The second-order valence-electron chi connectivity index (χ2n) is 3.73. The van der Waals surface area contributed by atoms with Crippen LogP contribution in [0.1, 0.15) is 23.1 Å². The molecule has 0 bridgehead atoms. The second-order valence-corrected chi connectivity index (χ2v) is 3.73. The van der Waals surface area contributed by atoms with E-state index in [4.69, 9.17) is 9.47 Å². The Bertz CT molecular complexity index is 550. The van der Waals surface area contributed by atoms with Crippen LogP contribution in [0.3, 0.4) is 0 Å². The summed E-state index contributed by atoms with van der Waals surface area (Å²) in [5.41, 5.74) is 0.492. The number of carbonyl (C=O) groups is 1. The number of hydrogen-bond acceptors (Lipinski definition) is 6. The molecule has 0 aliphatic carbocycles. The molecule has 1 heterocycles. The SMILES string of the molecule is CCOC(=O)c1ccc(OCc2nnn(C)n2)cc1. The van der Waals surface area contributed by atoms with Crippen molar-refractivity contribution in [2.75, 3.05) is 6.61 Å². The normalized spacial score (nSPS) is 10.2. The molecule has 0 N–H and O–H groups in total. The molecule has 0 atom stereocenters. The number of aryl methyl sites for hydroxylation is 1. The van der Waals surface area contributed by atoms with Crippen molar-refractivity contribution in [3.05, 3.63) is 35.7 Å². The van der Waals surface area contributed by atoms with Crippen LogP contribution in [0, 0.1) is 0 Å². The summed E-state index contributed by atoms with van der Waals surface area (Å²) < 4.78 is 10.4. The molecule has 100 valence electrons. The zero-order chi connectivity index (χ0) is 13.7. The first-order valence-corrected chi connectivity index (χ1v) is 5.82. The van der Waals surface area contributed by atoms with E-state index < -0.39 is 0 Å². The summed E-state index contributed by atoms with van der Waals surface area (Å²) in [4.78, 5) is 12.8. The first kappa shape index (κ1) is 13.0. The van der Waals surface area contributed by atoms with Gasteiger partial charge in [0.05, 0.1) is 19.2 Å². The van der Waals surface area contributed by atoms with E-state index in [1.54, 1.807) is 38.2 Å². The highest BCUT2D eigenvalue weighted by atomic mass is 16.5. The molecule has 2 aromatic rings. The molecule has 0 amide bonds. The molecule has 0 aliphatic heterocycles. The number of esters is 1. The zero-order valence-electron chi connectivity index (χ0n) is 10.7.